The van der Waals surface area contributed by atoms with Crippen LogP contribution >= 0.6 is 0 Å². The summed E-state index contributed by atoms with van der Waals surface area (Å²) in [6, 6.07) is -1.20. The molecular formula is C54H96AuN7O26. The number of hydrogen-bond donors (Lipinski definition) is 18. The van der Waals surface area contributed by atoms with E-state index < -0.39 is 164 Å². The number of rotatable bonds is 38. The molecule has 0 spiro atoms. The quantitative estimate of drug-likeness (QED) is 0.0202. The molecule has 0 aliphatic carbocycles. The van der Waals surface area contributed by atoms with Gasteiger partial charge in [-0.1, -0.05) is 0 Å². The fraction of sp³-hybridized carbons (Fsp3) is 0.889. The predicted octanol–water partition coefficient (Wildman–Crippen LogP) is -8.03. The number of nitrogens with zero attached hydrogens (tertiary/aromatic N) is 1. The van der Waals surface area contributed by atoms with E-state index in [0.29, 0.717) is 45.1 Å². The summed E-state index contributed by atoms with van der Waals surface area (Å²) in [6.45, 7) is 4.25. The van der Waals surface area contributed by atoms with Crippen LogP contribution in [0.5, 0.6) is 0 Å². The molecule has 4 rings (SSSR count). The second kappa shape index (κ2) is 40.0. The third-order valence-electron chi connectivity index (χ3n) is 15.2. The van der Waals surface area contributed by atoms with Crippen LogP contribution in [0.3, 0.4) is 0 Å². The van der Waals surface area contributed by atoms with Crippen LogP contribution in [0.15, 0.2) is 0 Å². The van der Waals surface area contributed by atoms with Crippen LogP contribution in [-0.2, 0) is 87.7 Å². The van der Waals surface area contributed by atoms with Crippen molar-refractivity contribution < 1.29 is 149 Å². The van der Waals surface area contributed by atoms with Crippen molar-refractivity contribution in [3.05, 3.63) is 0 Å². The van der Waals surface area contributed by atoms with Gasteiger partial charge in [-0.3, -0.25) is 4.79 Å². The molecule has 6 amide bonds. The molecule has 4 aliphatic rings. The standard InChI is InChI=1S/C54H96N7O26.Au/c1-28-38(67)42(71)46(75)51(84-28)80-22-18-57-35(64)15-8-7-14-34(63)55-16-10-5-6-13-33(62)56-17-11-9-12-32(50(79)60-21-25-83-54-49(78)45(74)41(70)31(4)87-54)61(26-36(65)58-19-23-81-52-47(76)43(72)39(68)29(2)85-52)27-37(66)59-20-24-82-53-48(77)44(73)40(69)30(3)86-53;/h13,28-32,38-49,51-54,67-78H,5-12,14-27H2,1-4H3,(H,55,63)(H,56,62)(H,57,64)(H,58,65)(H,59,66)(H,60,79);/t28-,29-,30-,31-,32-,38+,39+,40+,41+,42+,43+,44+,45+,46-,47-,48-,49-,51+,52+,53+,54+;/m0./s1. The molecule has 18 N–H and O–H groups in total. The summed E-state index contributed by atoms with van der Waals surface area (Å²) >= 11 is 2.25. The van der Waals surface area contributed by atoms with Gasteiger partial charge in [0, 0.05) is 19.6 Å². The summed E-state index contributed by atoms with van der Waals surface area (Å²) in [7, 11) is 0. The van der Waals surface area contributed by atoms with E-state index in [2.05, 4.69) is 53.0 Å². The molecule has 4 fully saturated rings. The second-order valence-electron chi connectivity index (χ2n) is 22.2. The molecular weight excluding hydrogens is 1360 g/mol. The molecule has 0 aromatic rings. The third kappa shape index (κ3) is 25.3. The van der Waals surface area contributed by atoms with Crippen LogP contribution in [0.25, 0.3) is 0 Å². The van der Waals surface area contributed by atoms with Gasteiger partial charge in [0.1, 0.15) is 73.2 Å². The Bertz CT molecular complexity index is 2050. The van der Waals surface area contributed by atoms with Crippen molar-refractivity contribution in [1.29, 1.82) is 0 Å². The number of hydrogen-bond acceptors (Lipinski definition) is 27. The molecule has 22 atom stereocenters. The molecule has 0 unspecified atom stereocenters. The molecule has 0 bridgehead atoms. The molecule has 514 valence electrons. The van der Waals surface area contributed by atoms with E-state index in [1.807, 2.05) is 0 Å². The van der Waals surface area contributed by atoms with E-state index in [4.69, 9.17) is 37.9 Å². The fourth-order valence-corrected chi connectivity index (χ4v) is 10.4. The van der Waals surface area contributed by atoms with Crippen LogP contribution in [-0.4, -0.2) is 309 Å². The van der Waals surface area contributed by atoms with Gasteiger partial charge in [-0.25, -0.2) is 0 Å². The Hall–Kier alpha value is -3.28. The minimum Gasteiger partial charge on any atom is -0.388 e. The van der Waals surface area contributed by atoms with Crippen molar-refractivity contribution in [3.63, 3.8) is 0 Å². The maximum absolute atomic E-state index is 14.2. The summed E-state index contributed by atoms with van der Waals surface area (Å²) in [4.78, 5) is 80.5. The van der Waals surface area contributed by atoms with Crippen LogP contribution in [0, 0.1) is 0 Å². The van der Waals surface area contributed by atoms with Crippen molar-refractivity contribution in [2.75, 3.05) is 78.8 Å². The Morgan fingerprint density at radius 3 is 1.03 bits per heavy atom. The van der Waals surface area contributed by atoms with Gasteiger partial charge in [0.05, 0.1) is 44.2 Å². The Labute approximate surface area is 523 Å². The molecule has 0 radical (unpaired) electrons. The van der Waals surface area contributed by atoms with Crippen molar-refractivity contribution in [1.82, 2.24) is 36.8 Å². The predicted molar refractivity (Wildman–Crippen MR) is 297 cm³/mol. The number of carbonyl (C=O) groups excluding carboxylic acids is 6. The molecule has 4 aliphatic heterocycles. The van der Waals surface area contributed by atoms with Gasteiger partial charge >= 0.3 is 226 Å². The van der Waals surface area contributed by atoms with E-state index in [9.17, 15) is 90.0 Å². The van der Waals surface area contributed by atoms with Gasteiger partial charge in [-0.2, -0.15) is 0 Å². The maximum atomic E-state index is 14.2. The van der Waals surface area contributed by atoms with E-state index in [1.54, 1.807) is 0 Å². The van der Waals surface area contributed by atoms with E-state index in [0.717, 1.165) is 0 Å². The third-order valence-corrected chi connectivity index (χ3v) is 16.4. The number of amides is 6. The van der Waals surface area contributed by atoms with Gasteiger partial charge < -0.3 is 104 Å². The first-order chi connectivity index (χ1) is 41.7. The molecule has 33 nitrogen and oxygen atoms in total. The zero-order chi connectivity index (χ0) is 65.2. The van der Waals surface area contributed by atoms with Crippen LogP contribution < -0.4 is 31.9 Å². The van der Waals surface area contributed by atoms with Crippen molar-refractivity contribution in [2.45, 2.75) is 225 Å². The van der Waals surface area contributed by atoms with Gasteiger partial charge in [0.25, 0.3) is 0 Å². The summed E-state index contributed by atoms with van der Waals surface area (Å²) in [5.41, 5.74) is 0. The van der Waals surface area contributed by atoms with Crippen molar-refractivity contribution >= 4 is 35.4 Å². The second-order valence-corrected chi connectivity index (χ2v) is 23.7. The smallest absolute Gasteiger partial charge is 0.388 e. The zero-order valence-corrected chi connectivity index (χ0v) is 52.3. The number of nitrogens with one attached hydrogen (secondary N) is 6. The summed E-state index contributed by atoms with van der Waals surface area (Å²) in [5, 5.41) is 138. The minimum absolute atomic E-state index is 0.00637. The minimum atomic E-state index is -1.62. The van der Waals surface area contributed by atoms with Gasteiger partial charge in [0.15, 0.2) is 25.2 Å². The summed E-state index contributed by atoms with van der Waals surface area (Å²) in [6.07, 6.45) is -22.8. The van der Waals surface area contributed by atoms with Crippen molar-refractivity contribution in [2.24, 2.45) is 0 Å². The van der Waals surface area contributed by atoms with E-state index in [1.165, 1.54) is 32.6 Å². The number of aliphatic hydroxyl groups is 12. The Balaban J connectivity index is 1.26. The molecule has 34 heteroatoms. The number of carbonyl (C=O) groups is 6. The fourth-order valence-electron chi connectivity index (χ4n) is 9.72. The topological polar surface area (TPSA) is 494 Å². The molecule has 4 heterocycles. The first-order valence-corrected chi connectivity index (χ1v) is 31.2. The van der Waals surface area contributed by atoms with Gasteiger partial charge in [0.2, 0.25) is 0 Å². The van der Waals surface area contributed by atoms with Crippen LogP contribution in [0.4, 0.5) is 0 Å². The number of ether oxygens (including phenoxy) is 8. The van der Waals surface area contributed by atoms with Gasteiger partial charge in [-0.05, 0) is 27.7 Å². The average molecular weight is 1460 g/mol. The van der Waals surface area contributed by atoms with Gasteiger partial charge in [-0.15, -0.1) is 0 Å². The molecule has 0 aromatic carbocycles. The SMILES string of the molecule is C[C@@H]1O[C@@H](OCCNC(=O)CCCCC(=O)NCCCC[C@H]([Au])C(=O)NCCCC[C@@H](C(=O)NCCO[C@@H]2O[C@@H](C)[C@@H](O)[C@@H](O)[C@@H]2O)N(CC(=O)NCCO[C@@H]2O[C@@H](C)[C@@H](O)[C@@H](O)[C@@H]2O)CC(=O)NCCO[C@@H]2O[C@@H](C)[C@@H](O)[C@@H](O)[C@@H]2O)[C@@H](O)[C@H](O)[C@@H]1O. The number of aliphatic hydroxyl groups excluding tert-OH is 12. The van der Waals surface area contributed by atoms with Crippen LogP contribution in [0.1, 0.15) is 91.9 Å². The average Bonchev–Trinajstić information content (AvgIpc) is 2.81. The van der Waals surface area contributed by atoms with E-state index >= 15 is 0 Å². The van der Waals surface area contributed by atoms with Crippen molar-refractivity contribution in [3.8, 4) is 0 Å². The molecule has 0 saturated carbocycles. The first-order valence-electron chi connectivity index (χ1n) is 29.9. The summed E-state index contributed by atoms with van der Waals surface area (Å²) in [5.74, 6) is -2.72. The Kier molecular flexibility index (Phi) is 35.0. The molecule has 4 saturated heterocycles. The summed E-state index contributed by atoms with van der Waals surface area (Å²) < 4.78 is 43.3. The number of unbranched alkanes of at least 4 members (excludes halogenated alkanes) is 3. The Morgan fingerprint density at radius 1 is 0.375 bits per heavy atom. The monoisotopic (exact) mass is 1460 g/mol. The molecule has 0 aromatic heterocycles. The normalized spacial score (nSPS) is 33.2. The van der Waals surface area contributed by atoms with E-state index in [-0.39, 0.29) is 103 Å². The first kappa shape index (κ1) is 77.2. The van der Waals surface area contributed by atoms with Crippen LogP contribution in [0.2, 0.25) is 4.14 Å². The molecule has 88 heavy (non-hydrogen) atoms. The zero-order valence-electron chi connectivity index (χ0n) is 50.1. The Morgan fingerprint density at radius 2 is 0.670 bits per heavy atom.